The van der Waals surface area contributed by atoms with Gasteiger partial charge in [-0.2, -0.15) is 0 Å². The van der Waals surface area contributed by atoms with Gasteiger partial charge in [0, 0.05) is 49.5 Å². The fourth-order valence-corrected chi connectivity index (χ4v) is 5.50. The van der Waals surface area contributed by atoms with E-state index in [1.807, 2.05) is 51.1 Å². The summed E-state index contributed by atoms with van der Waals surface area (Å²) in [6, 6.07) is 10.6. The SMILES string of the molecule is CCOC(=O)c1cn(CC2(O)CCN(C(=O)OC(C)(C)C)CC23CCOCC3)c(=O)cc1-c1ccccc1. The van der Waals surface area contributed by atoms with Crippen molar-refractivity contribution in [2.24, 2.45) is 5.41 Å². The number of aliphatic hydroxyl groups is 1. The molecule has 0 aliphatic carbocycles. The van der Waals surface area contributed by atoms with Crippen LogP contribution in [-0.2, 0) is 20.8 Å². The second-order valence-corrected chi connectivity index (χ2v) is 11.2. The molecule has 4 rings (SSSR count). The average molecular weight is 527 g/mol. The molecule has 9 nitrogen and oxygen atoms in total. The predicted molar refractivity (Wildman–Crippen MR) is 142 cm³/mol. The molecule has 0 radical (unpaired) electrons. The van der Waals surface area contributed by atoms with Crippen molar-refractivity contribution in [2.75, 3.05) is 32.9 Å². The average Bonchev–Trinajstić information content (AvgIpc) is 2.87. The molecule has 1 unspecified atom stereocenters. The van der Waals surface area contributed by atoms with Crippen LogP contribution in [0.2, 0.25) is 0 Å². The Hall–Kier alpha value is -3.17. The highest BCUT2D eigenvalue weighted by molar-refractivity contribution is 5.96. The number of ether oxygens (including phenoxy) is 3. The van der Waals surface area contributed by atoms with Crippen LogP contribution in [0, 0.1) is 5.41 Å². The Kier molecular flexibility index (Phi) is 7.99. The van der Waals surface area contributed by atoms with Crippen LogP contribution in [-0.4, -0.2) is 70.7 Å². The molecule has 0 saturated carbocycles. The standard InChI is InChI=1S/C29H38N2O7/c1-5-37-25(33)23-18-31(24(32)17-22(23)21-9-7-6-8-10-21)20-29(35)11-14-30(26(34)38-27(2,3)4)19-28(29)12-15-36-16-13-28/h6-10,17-18,35H,5,11-16,19-20H2,1-4H3. The third kappa shape index (κ3) is 5.78. The minimum Gasteiger partial charge on any atom is -0.462 e. The third-order valence-electron chi connectivity index (χ3n) is 7.52. The molecule has 1 atom stereocenters. The van der Waals surface area contributed by atoms with Crippen LogP contribution in [0.4, 0.5) is 4.79 Å². The van der Waals surface area contributed by atoms with Crippen molar-refractivity contribution in [3.8, 4) is 11.1 Å². The highest BCUT2D eigenvalue weighted by atomic mass is 16.6. The van der Waals surface area contributed by atoms with Gasteiger partial charge in [-0.05, 0) is 52.5 Å². The van der Waals surface area contributed by atoms with Crippen LogP contribution >= 0.6 is 0 Å². The molecule has 9 heteroatoms. The minimum absolute atomic E-state index is 0.0184. The molecule has 2 aliphatic rings. The summed E-state index contributed by atoms with van der Waals surface area (Å²) < 4.78 is 17.9. The lowest BCUT2D eigenvalue weighted by atomic mass is 9.63. The van der Waals surface area contributed by atoms with E-state index >= 15 is 0 Å². The molecule has 1 aromatic carbocycles. The molecule has 206 valence electrons. The van der Waals surface area contributed by atoms with E-state index < -0.39 is 28.7 Å². The fourth-order valence-electron chi connectivity index (χ4n) is 5.50. The zero-order valence-electron chi connectivity index (χ0n) is 22.7. The van der Waals surface area contributed by atoms with Crippen LogP contribution in [0.1, 0.15) is 57.3 Å². The van der Waals surface area contributed by atoms with E-state index in [1.54, 1.807) is 11.8 Å². The summed E-state index contributed by atoms with van der Waals surface area (Å²) in [5.41, 5.74) is -1.50. The first-order valence-corrected chi connectivity index (χ1v) is 13.2. The van der Waals surface area contributed by atoms with Crippen LogP contribution < -0.4 is 5.56 Å². The number of pyridine rings is 1. The molecule has 1 spiro atoms. The number of carbonyl (C=O) groups is 2. The first-order valence-electron chi connectivity index (χ1n) is 13.2. The number of hydrogen-bond donors (Lipinski definition) is 1. The number of rotatable bonds is 5. The Morgan fingerprint density at radius 3 is 2.42 bits per heavy atom. The monoisotopic (exact) mass is 526 g/mol. The number of carbonyl (C=O) groups excluding carboxylic acids is 2. The second-order valence-electron chi connectivity index (χ2n) is 11.2. The summed E-state index contributed by atoms with van der Waals surface area (Å²) >= 11 is 0. The van der Waals surface area contributed by atoms with Crippen LogP contribution in [0.3, 0.4) is 0 Å². The summed E-state index contributed by atoms with van der Waals surface area (Å²) in [6.45, 7) is 8.84. The topological polar surface area (TPSA) is 107 Å². The van der Waals surface area contributed by atoms with Gasteiger partial charge in [0.25, 0.3) is 5.56 Å². The summed E-state index contributed by atoms with van der Waals surface area (Å²) in [5.74, 6) is -0.535. The zero-order chi connectivity index (χ0) is 27.6. The van der Waals surface area contributed by atoms with Crippen molar-refractivity contribution in [1.29, 1.82) is 0 Å². The summed E-state index contributed by atoms with van der Waals surface area (Å²) in [6.07, 6.45) is 2.40. The van der Waals surface area contributed by atoms with E-state index in [4.69, 9.17) is 14.2 Å². The minimum atomic E-state index is -1.31. The van der Waals surface area contributed by atoms with E-state index in [9.17, 15) is 19.5 Å². The summed E-state index contributed by atoms with van der Waals surface area (Å²) in [4.78, 5) is 40.8. The van der Waals surface area contributed by atoms with Gasteiger partial charge in [-0.15, -0.1) is 0 Å². The number of piperidine rings is 1. The molecule has 3 heterocycles. The maximum atomic E-state index is 13.4. The lowest BCUT2D eigenvalue weighted by Crippen LogP contribution is -2.64. The van der Waals surface area contributed by atoms with Gasteiger partial charge in [0.05, 0.1) is 24.3 Å². The highest BCUT2D eigenvalue weighted by Crippen LogP contribution is 2.47. The van der Waals surface area contributed by atoms with Gasteiger partial charge in [-0.25, -0.2) is 9.59 Å². The van der Waals surface area contributed by atoms with Crippen LogP contribution in [0.5, 0.6) is 0 Å². The lowest BCUT2D eigenvalue weighted by molar-refractivity contribution is -0.176. The Labute approximate surface area is 223 Å². The first-order chi connectivity index (χ1) is 18.0. The fraction of sp³-hybridized carbons (Fsp3) is 0.552. The largest absolute Gasteiger partial charge is 0.462 e. The maximum absolute atomic E-state index is 13.4. The predicted octanol–water partition coefficient (Wildman–Crippen LogP) is 3.86. The number of benzene rings is 1. The Balaban J connectivity index is 1.70. The molecule has 2 aliphatic heterocycles. The molecule has 2 aromatic rings. The third-order valence-corrected chi connectivity index (χ3v) is 7.52. The van der Waals surface area contributed by atoms with E-state index in [0.29, 0.717) is 38.2 Å². The van der Waals surface area contributed by atoms with Crippen molar-refractivity contribution < 1.29 is 28.9 Å². The normalized spacial score (nSPS) is 21.2. The molecule has 1 aromatic heterocycles. The first kappa shape index (κ1) is 27.9. The molecule has 1 N–H and O–H groups in total. The van der Waals surface area contributed by atoms with Crippen molar-refractivity contribution in [3.05, 3.63) is 58.5 Å². The van der Waals surface area contributed by atoms with E-state index in [0.717, 1.165) is 5.56 Å². The Morgan fingerprint density at radius 1 is 1.11 bits per heavy atom. The van der Waals surface area contributed by atoms with Gasteiger partial charge in [0.1, 0.15) is 5.60 Å². The molecule has 38 heavy (non-hydrogen) atoms. The molecular weight excluding hydrogens is 488 g/mol. The summed E-state index contributed by atoms with van der Waals surface area (Å²) in [7, 11) is 0. The van der Waals surface area contributed by atoms with Crippen molar-refractivity contribution in [1.82, 2.24) is 9.47 Å². The number of aromatic nitrogens is 1. The second kappa shape index (κ2) is 10.9. The number of esters is 1. The quantitative estimate of drug-likeness (QED) is 0.590. The van der Waals surface area contributed by atoms with Crippen LogP contribution in [0.25, 0.3) is 11.1 Å². The van der Waals surface area contributed by atoms with E-state index in [2.05, 4.69) is 0 Å². The lowest BCUT2D eigenvalue weighted by Gasteiger charge is -2.55. The van der Waals surface area contributed by atoms with Gasteiger partial charge >= 0.3 is 12.1 Å². The molecule has 2 fully saturated rings. The summed E-state index contributed by atoms with van der Waals surface area (Å²) in [5, 5.41) is 12.2. The van der Waals surface area contributed by atoms with Crippen LogP contribution in [0.15, 0.2) is 47.4 Å². The molecular formula is C29H38N2O7. The number of hydrogen-bond acceptors (Lipinski definition) is 7. The van der Waals surface area contributed by atoms with Gasteiger partial charge < -0.3 is 28.8 Å². The number of likely N-dealkylation sites (tertiary alicyclic amines) is 1. The van der Waals surface area contributed by atoms with Crippen molar-refractivity contribution >= 4 is 12.1 Å². The maximum Gasteiger partial charge on any atom is 0.410 e. The van der Waals surface area contributed by atoms with Gasteiger partial charge in [-0.3, -0.25) is 4.79 Å². The van der Waals surface area contributed by atoms with Gasteiger partial charge in [0.15, 0.2) is 0 Å². The van der Waals surface area contributed by atoms with E-state index in [1.165, 1.54) is 16.8 Å². The van der Waals surface area contributed by atoms with Gasteiger partial charge in [0.2, 0.25) is 0 Å². The molecule has 1 amide bonds. The molecule has 0 bridgehead atoms. The van der Waals surface area contributed by atoms with Crippen molar-refractivity contribution in [3.63, 3.8) is 0 Å². The zero-order valence-corrected chi connectivity index (χ0v) is 22.7. The number of amides is 1. The number of nitrogens with zero attached hydrogens (tertiary/aromatic N) is 2. The van der Waals surface area contributed by atoms with Gasteiger partial charge in [-0.1, -0.05) is 30.3 Å². The Bertz CT molecular complexity index is 1210. The molecule has 2 saturated heterocycles. The van der Waals surface area contributed by atoms with E-state index in [-0.39, 0.29) is 37.2 Å². The smallest absolute Gasteiger partial charge is 0.410 e. The van der Waals surface area contributed by atoms with Crippen molar-refractivity contribution in [2.45, 2.75) is 64.7 Å². The Morgan fingerprint density at radius 2 is 1.79 bits per heavy atom. The highest BCUT2D eigenvalue weighted by Gasteiger charge is 2.55.